The van der Waals surface area contributed by atoms with Crippen molar-refractivity contribution >= 4 is 17.3 Å². The Morgan fingerprint density at radius 3 is 2.23 bits per heavy atom. The maximum atomic E-state index is 12.7. The first-order valence-electron chi connectivity index (χ1n) is 9.60. The van der Waals surface area contributed by atoms with Crippen molar-refractivity contribution in [1.82, 2.24) is 0 Å². The third-order valence-electron chi connectivity index (χ3n) is 5.29. The van der Waals surface area contributed by atoms with Crippen LogP contribution in [0.1, 0.15) is 56.5 Å². The summed E-state index contributed by atoms with van der Waals surface area (Å²) in [6.45, 7) is 10.9. The van der Waals surface area contributed by atoms with Gasteiger partial charge < -0.3 is 10.2 Å². The lowest BCUT2D eigenvalue weighted by atomic mass is 9.87. The van der Waals surface area contributed by atoms with E-state index in [1.54, 1.807) is 0 Å². The van der Waals surface area contributed by atoms with Crippen molar-refractivity contribution in [3.8, 4) is 0 Å². The van der Waals surface area contributed by atoms with E-state index in [1.807, 2.05) is 42.5 Å². The van der Waals surface area contributed by atoms with Crippen LogP contribution in [0.4, 0.5) is 11.4 Å². The van der Waals surface area contributed by atoms with E-state index in [4.69, 9.17) is 0 Å². The highest BCUT2D eigenvalue weighted by Crippen LogP contribution is 2.30. The summed E-state index contributed by atoms with van der Waals surface area (Å²) in [4.78, 5) is 15.1. The lowest BCUT2D eigenvalue weighted by molar-refractivity contribution is 0.102. The van der Waals surface area contributed by atoms with E-state index >= 15 is 0 Å². The molecule has 0 atom stereocenters. The summed E-state index contributed by atoms with van der Waals surface area (Å²) >= 11 is 0. The summed E-state index contributed by atoms with van der Waals surface area (Å²) in [7, 11) is 0. The van der Waals surface area contributed by atoms with Gasteiger partial charge in [-0.25, -0.2) is 0 Å². The zero-order valence-electron chi connectivity index (χ0n) is 16.4. The second-order valence-corrected chi connectivity index (χ2v) is 8.47. The van der Waals surface area contributed by atoms with Crippen LogP contribution in [0.2, 0.25) is 0 Å². The maximum Gasteiger partial charge on any atom is 0.255 e. The smallest absolute Gasteiger partial charge is 0.255 e. The zero-order chi connectivity index (χ0) is 18.7. The quantitative estimate of drug-likeness (QED) is 0.796. The summed E-state index contributed by atoms with van der Waals surface area (Å²) in [5.41, 5.74) is 4.04. The first-order valence-corrected chi connectivity index (χ1v) is 9.60. The van der Waals surface area contributed by atoms with Gasteiger partial charge in [-0.2, -0.15) is 0 Å². The van der Waals surface area contributed by atoms with E-state index in [-0.39, 0.29) is 11.3 Å². The Labute approximate surface area is 157 Å². The van der Waals surface area contributed by atoms with Crippen molar-refractivity contribution in [2.24, 2.45) is 5.92 Å². The number of nitrogens with zero attached hydrogens (tertiary/aromatic N) is 1. The minimum Gasteiger partial charge on any atom is -0.370 e. The van der Waals surface area contributed by atoms with Crippen LogP contribution >= 0.6 is 0 Å². The van der Waals surface area contributed by atoms with Gasteiger partial charge in [0.1, 0.15) is 0 Å². The monoisotopic (exact) mass is 350 g/mol. The number of benzene rings is 2. The van der Waals surface area contributed by atoms with Gasteiger partial charge in [0, 0.05) is 18.7 Å². The molecule has 2 aromatic rings. The van der Waals surface area contributed by atoms with Crippen molar-refractivity contribution < 1.29 is 4.79 Å². The SMILES string of the molecule is CC1CCN(c2ccccc2NC(=O)c2ccc(C(C)(C)C)cc2)CC1. The molecule has 0 spiro atoms. The third kappa shape index (κ3) is 4.27. The topological polar surface area (TPSA) is 32.3 Å². The van der Waals surface area contributed by atoms with Crippen LogP contribution in [-0.4, -0.2) is 19.0 Å². The molecule has 138 valence electrons. The number of hydrogen-bond donors (Lipinski definition) is 1. The maximum absolute atomic E-state index is 12.7. The van der Waals surface area contributed by atoms with E-state index < -0.39 is 0 Å². The van der Waals surface area contributed by atoms with Gasteiger partial charge in [-0.15, -0.1) is 0 Å². The highest BCUT2D eigenvalue weighted by Gasteiger charge is 2.19. The molecule has 0 unspecified atom stereocenters. The Bertz CT molecular complexity index is 751. The second kappa shape index (κ2) is 7.53. The van der Waals surface area contributed by atoms with Gasteiger partial charge in [-0.05, 0) is 54.0 Å². The van der Waals surface area contributed by atoms with E-state index in [2.05, 4.69) is 44.0 Å². The average Bonchev–Trinajstić information content (AvgIpc) is 2.62. The van der Waals surface area contributed by atoms with Crippen LogP contribution < -0.4 is 10.2 Å². The molecule has 0 radical (unpaired) electrons. The largest absolute Gasteiger partial charge is 0.370 e. The lowest BCUT2D eigenvalue weighted by Crippen LogP contribution is -2.33. The highest BCUT2D eigenvalue weighted by atomic mass is 16.1. The first-order chi connectivity index (χ1) is 12.3. The summed E-state index contributed by atoms with van der Waals surface area (Å²) in [6.07, 6.45) is 2.41. The number of anilines is 2. The lowest BCUT2D eigenvalue weighted by Gasteiger charge is -2.33. The average molecular weight is 351 g/mol. The predicted molar refractivity (Wildman–Crippen MR) is 110 cm³/mol. The number of amides is 1. The fourth-order valence-electron chi connectivity index (χ4n) is 3.42. The Hall–Kier alpha value is -2.29. The molecule has 1 amide bonds. The second-order valence-electron chi connectivity index (χ2n) is 8.47. The number of carbonyl (C=O) groups excluding carboxylic acids is 1. The van der Waals surface area contributed by atoms with Crippen LogP contribution in [0.25, 0.3) is 0 Å². The first kappa shape index (κ1) is 18.5. The number of carbonyl (C=O) groups is 1. The zero-order valence-corrected chi connectivity index (χ0v) is 16.4. The summed E-state index contributed by atoms with van der Waals surface area (Å²) in [5, 5.41) is 3.11. The van der Waals surface area contributed by atoms with Crippen LogP contribution in [0, 0.1) is 5.92 Å². The number of rotatable bonds is 3. The standard InChI is InChI=1S/C23H30N2O/c1-17-13-15-25(16-14-17)21-8-6-5-7-20(21)24-22(26)18-9-11-19(12-10-18)23(2,3)4/h5-12,17H,13-16H2,1-4H3,(H,24,26). The number of hydrogen-bond acceptors (Lipinski definition) is 2. The minimum absolute atomic E-state index is 0.0525. The number of para-hydroxylation sites is 2. The van der Waals surface area contributed by atoms with Crippen LogP contribution in [0.15, 0.2) is 48.5 Å². The highest BCUT2D eigenvalue weighted by molar-refractivity contribution is 6.06. The van der Waals surface area contributed by atoms with Gasteiger partial charge >= 0.3 is 0 Å². The number of nitrogens with one attached hydrogen (secondary N) is 1. The van der Waals surface area contributed by atoms with Gasteiger partial charge in [-0.3, -0.25) is 4.79 Å². The van der Waals surface area contributed by atoms with Crippen molar-refractivity contribution in [1.29, 1.82) is 0 Å². The van der Waals surface area contributed by atoms with E-state index in [9.17, 15) is 4.79 Å². The van der Waals surface area contributed by atoms with E-state index in [1.165, 1.54) is 18.4 Å². The van der Waals surface area contributed by atoms with Gasteiger partial charge in [-0.1, -0.05) is 52.0 Å². The molecule has 1 fully saturated rings. The molecular weight excluding hydrogens is 320 g/mol. The Kier molecular flexibility index (Phi) is 5.36. The Balaban J connectivity index is 1.75. The molecule has 3 nitrogen and oxygen atoms in total. The fourth-order valence-corrected chi connectivity index (χ4v) is 3.42. The number of piperidine rings is 1. The Morgan fingerprint density at radius 2 is 1.62 bits per heavy atom. The Morgan fingerprint density at radius 1 is 1.00 bits per heavy atom. The van der Waals surface area contributed by atoms with Crippen LogP contribution in [0.5, 0.6) is 0 Å². The van der Waals surface area contributed by atoms with Crippen molar-refractivity contribution in [2.45, 2.75) is 46.0 Å². The molecule has 0 aliphatic carbocycles. The molecule has 2 aromatic carbocycles. The molecule has 1 aliphatic rings. The van der Waals surface area contributed by atoms with Gasteiger partial charge in [0.2, 0.25) is 0 Å². The van der Waals surface area contributed by atoms with E-state index in [0.717, 1.165) is 30.4 Å². The molecule has 0 aromatic heterocycles. The summed E-state index contributed by atoms with van der Waals surface area (Å²) < 4.78 is 0. The summed E-state index contributed by atoms with van der Waals surface area (Å²) in [6, 6.07) is 16.1. The molecule has 0 bridgehead atoms. The van der Waals surface area contributed by atoms with Gasteiger partial charge in [0.25, 0.3) is 5.91 Å². The van der Waals surface area contributed by atoms with Crippen LogP contribution in [0.3, 0.4) is 0 Å². The van der Waals surface area contributed by atoms with Crippen LogP contribution in [-0.2, 0) is 5.41 Å². The molecular formula is C23H30N2O. The minimum atomic E-state index is -0.0525. The molecule has 26 heavy (non-hydrogen) atoms. The fraction of sp³-hybridized carbons (Fsp3) is 0.435. The normalized spacial score (nSPS) is 15.8. The molecule has 1 heterocycles. The molecule has 1 aliphatic heterocycles. The summed E-state index contributed by atoms with van der Waals surface area (Å²) in [5.74, 6) is 0.734. The third-order valence-corrected chi connectivity index (χ3v) is 5.29. The molecule has 0 saturated carbocycles. The van der Waals surface area contributed by atoms with E-state index in [0.29, 0.717) is 5.56 Å². The van der Waals surface area contributed by atoms with Gasteiger partial charge in [0.05, 0.1) is 11.4 Å². The molecule has 1 N–H and O–H groups in total. The van der Waals surface area contributed by atoms with Crippen molar-refractivity contribution in [3.05, 3.63) is 59.7 Å². The van der Waals surface area contributed by atoms with Crippen molar-refractivity contribution in [2.75, 3.05) is 23.3 Å². The molecule has 3 rings (SSSR count). The van der Waals surface area contributed by atoms with Gasteiger partial charge in [0.15, 0.2) is 0 Å². The molecule has 3 heteroatoms. The molecule has 1 saturated heterocycles. The predicted octanol–water partition coefficient (Wildman–Crippen LogP) is 5.47. The van der Waals surface area contributed by atoms with Crippen molar-refractivity contribution in [3.63, 3.8) is 0 Å².